The van der Waals surface area contributed by atoms with Gasteiger partial charge in [0, 0.05) is 12.1 Å². The number of nitrogens with one attached hydrogen (secondary N) is 2. The molecule has 0 aromatic rings. The Labute approximate surface area is 120 Å². The van der Waals surface area contributed by atoms with Gasteiger partial charge in [-0.15, -0.1) is 0 Å². The van der Waals surface area contributed by atoms with Crippen LogP contribution >= 0.6 is 0 Å². The van der Waals surface area contributed by atoms with Crippen LogP contribution in [0, 0.1) is 5.92 Å². The molecular weight excluding hydrogens is 276 g/mol. The third-order valence-electron chi connectivity index (χ3n) is 5.08. The summed E-state index contributed by atoms with van der Waals surface area (Å²) in [5, 5.41) is 6.51. The largest absolute Gasteiger partial charge is 0.352 e. The minimum atomic E-state index is -2.85. The van der Waals surface area contributed by atoms with Crippen molar-refractivity contribution in [3.05, 3.63) is 0 Å². The van der Waals surface area contributed by atoms with Gasteiger partial charge >= 0.3 is 0 Å². The number of rotatable bonds is 2. The maximum absolute atomic E-state index is 12.3. The lowest BCUT2D eigenvalue weighted by atomic mass is 9.85. The Bertz CT molecular complexity index is 449. The molecule has 2 heterocycles. The Hall–Kier alpha value is -0.620. The molecule has 3 aliphatic rings. The van der Waals surface area contributed by atoms with Crippen molar-refractivity contribution in [1.82, 2.24) is 10.6 Å². The minimum absolute atomic E-state index is 0.0375. The van der Waals surface area contributed by atoms with Crippen LogP contribution in [0.2, 0.25) is 0 Å². The van der Waals surface area contributed by atoms with Gasteiger partial charge in [-0.05, 0) is 38.0 Å². The molecule has 2 aliphatic heterocycles. The highest BCUT2D eigenvalue weighted by Crippen LogP contribution is 2.33. The highest BCUT2D eigenvalue weighted by atomic mass is 32.2. The van der Waals surface area contributed by atoms with E-state index in [0.717, 1.165) is 6.42 Å². The number of carbonyl (C=O) groups is 1. The van der Waals surface area contributed by atoms with Gasteiger partial charge in [-0.1, -0.05) is 12.8 Å². The zero-order valence-electron chi connectivity index (χ0n) is 11.8. The van der Waals surface area contributed by atoms with E-state index in [2.05, 4.69) is 10.6 Å². The molecule has 0 radical (unpaired) electrons. The van der Waals surface area contributed by atoms with Crippen molar-refractivity contribution in [2.75, 3.05) is 11.5 Å². The second-order valence-electron chi connectivity index (χ2n) is 6.54. The van der Waals surface area contributed by atoms with E-state index in [4.69, 9.17) is 0 Å². The summed E-state index contributed by atoms with van der Waals surface area (Å²) in [7, 11) is -2.85. The second kappa shape index (κ2) is 5.64. The van der Waals surface area contributed by atoms with Crippen molar-refractivity contribution < 1.29 is 13.2 Å². The molecule has 3 fully saturated rings. The number of sulfone groups is 1. The van der Waals surface area contributed by atoms with Crippen molar-refractivity contribution in [1.29, 1.82) is 0 Å². The van der Waals surface area contributed by atoms with Gasteiger partial charge in [-0.2, -0.15) is 0 Å². The van der Waals surface area contributed by atoms with Crippen LogP contribution in [0.1, 0.15) is 44.9 Å². The normalized spacial score (nSPS) is 37.3. The van der Waals surface area contributed by atoms with E-state index >= 15 is 0 Å². The van der Waals surface area contributed by atoms with Gasteiger partial charge in [-0.25, -0.2) is 8.42 Å². The summed E-state index contributed by atoms with van der Waals surface area (Å²) in [6, 6.07) is 0.489. The lowest BCUT2D eigenvalue weighted by Gasteiger charge is -2.25. The summed E-state index contributed by atoms with van der Waals surface area (Å²) in [5.41, 5.74) is 0. The van der Waals surface area contributed by atoms with Crippen molar-refractivity contribution >= 4 is 15.7 Å². The highest BCUT2D eigenvalue weighted by Gasteiger charge is 2.38. The average molecular weight is 300 g/mol. The van der Waals surface area contributed by atoms with Crippen LogP contribution in [0.3, 0.4) is 0 Å². The summed E-state index contributed by atoms with van der Waals surface area (Å²) in [6.07, 6.45) is 7.06. The first-order valence-electron chi connectivity index (χ1n) is 7.80. The van der Waals surface area contributed by atoms with Gasteiger partial charge in [0.25, 0.3) is 0 Å². The molecule has 5 nitrogen and oxygen atoms in total. The number of amides is 1. The summed E-state index contributed by atoms with van der Waals surface area (Å²) in [6.45, 7) is 0. The number of hydrogen-bond donors (Lipinski definition) is 2. The van der Waals surface area contributed by atoms with Gasteiger partial charge in [0.05, 0.1) is 17.5 Å². The predicted octanol–water partition coefficient (Wildman–Crippen LogP) is 0.600. The van der Waals surface area contributed by atoms with E-state index in [-0.39, 0.29) is 29.5 Å². The predicted molar refractivity (Wildman–Crippen MR) is 77.1 cm³/mol. The van der Waals surface area contributed by atoms with Crippen LogP contribution in [-0.2, 0) is 14.6 Å². The first kappa shape index (κ1) is 14.3. The lowest BCUT2D eigenvalue weighted by molar-refractivity contribution is -0.123. The quantitative estimate of drug-likeness (QED) is 0.783. The maximum Gasteiger partial charge on any atom is 0.237 e. The van der Waals surface area contributed by atoms with Crippen LogP contribution in [-0.4, -0.2) is 44.0 Å². The highest BCUT2D eigenvalue weighted by molar-refractivity contribution is 7.91. The van der Waals surface area contributed by atoms with Crippen LogP contribution in [0.5, 0.6) is 0 Å². The van der Waals surface area contributed by atoms with Gasteiger partial charge in [0.2, 0.25) is 5.91 Å². The molecule has 3 unspecified atom stereocenters. The van der Waals surface area contributed by atoms with Crippen molar-refractivity contribution in [2.45, 2.75) is 63.1 Å². The molecule has 6 heteroatoms. The van der Waals surface area contributed by atoms with Gasteiger partial charge in [-0.3, -0.25) is 4.79 Å². The van der Waals surface area contributed by atoms with E-state index in [1.807, 2.05) is 0 Å². The molecular formula is C14H24N2O3S. The Kier molecular flexibility index (Phi) is 4.04. The smallest absolute Gasteiger partial charge is 0.237 e. The third kappa shape index (κ3) is 3.17. The summed E-state index contributed by atoms with van der Waals surface area (Å²) in [4.78, 5) is 12.3. The van der Waals surface area contributed by atoms with Gasteiger partial charge in [0.15, 0.2) is 0 Å². The van der Waals surface area contributed by atoms with Gasteiger partial charge in [0.1, 0.15) is 9.84 Å². The molecule has 3 rings (SSSR count). The Morgan fingerprint density at radius 2 is 1.75 bits per heavy atom. The molecule has 2 N–H and O–H groups in total. The fourth-order valence-electron chi connectivity index (χ4n) is 3.86. The number of carbonyl (C=O) groups excluding carboxylic acids is 1. The van der Waals surface area contributed by atoms with Crippen molar-refractivity contribution in [2.24, 2.45) is 5.92 Å². The maximum atomic E-state index is 12.3. The molecule has 0 bridgehead atoms. The van der Waals surface area contributed by atoms with E-state index in [0.29, 0.717) is 24.8 Å². The molecule has 0 aromatic carbocycles. The van der Waals surface area contributed by atoms with Crippen molar-refractivity contribution in [3.8, 4) is 0 Å². The molecule has 20 heavy (non-hydrogen) atoms. The zero-order chi connectivity index (χ0) is 14.2. The fourth-order valence-corrected chi connectivity index (χ4v) is 5.35. The molecule has 2 saturated heterocycles. The van der Waals surface area contributed by atoms with Crippen LogP contribution in [0.4, 0.5) is 0 Å². The van der Waals surface area contributed by atoms with E-state index < -0.39 is 9.84 Å². The molecule has 0 spiro atoms. The zero-order valence-corrected chi connectivity index (χ0v) is 12.6. The molecule has 3 atom stereocenters. The Balaban J connectivity index is 1.50. The van der Waals surface area contributed by atoms with Crippen LogP contribution in [0.15, 0.2) is 0 Å². The number of fused-ring (bicyclic) bond motifs is 1. The minimum Gasteiger partial charge on any atom is -0.352 e. The first-order valence-corrected chi connectivity index (χ1v) is 9.62. The Morgan fingerprint density at radius 1 is 1.05 bits per heavy atom. The standard InChI is InChI=1S/C14H24N2O3S/c17-14(15-11-5-7-20(18,19)8-6-11)13-9-10-3-1-2-4-12(10)16-13/h10-13,16H,1-9H2,(H,15,17). The first-order chi connectivity index (χ1) is 9.53. The third-order valence-corrected chi connectivity index (χ3v) is 6.80. The lowest BCUT2D eigenvalue weighted by Crippen LogP contribution is -2.48. The molecule has 114 valence electrons. The monoisotopic (exact) mass is 300 g/mol. The average Bonchev–Trinajstić information content (AvgIpc) is 2.85. The van der Waals surface area contributed by atoms with Crippen molar-refractivity contribution in [3.63, 3.8) is 0 Å². The Morgan fingerprint density at radius 3 is 2.45 bits per heavy atom. The summed E-state index contributed by atoms with van der Waals surface area (Å²) >= 11 is 0. The second-order valence-corrected chi connectivity index (χ2v) is 8.84. The SMILES string of the molecule is O=C(NC1CCS(=O)(=O)CC1)C1CC2CCCCC2N1. The molecule has 1 saturated carbocycles. The van der Waals surface area contributed by atoms with E-state index in [1.165, 1.54) is 25.7 Å². The van der Waals surface area contributed by atoms with E-state index in [1.54, 1.807) is 0 Å². The topological polar surface area (TPSA) is 75.3 Å². The summed E-state index contributed by atoms with van der Waals surface area (Å²) in [5.74, 6) is 1.15. The number of hydrogen-bond acceptors (Lipinski definition) is 4. The van der Waals surface area contributed by atoms with Gasteiger partial charge < -0.3 is 10.6 Å². The molecule has 0 aromatic heterocycles. The molecule has 1 aliphatic carbocycles. The van der Waals surface area contributed by atoms with Crippen LogP contribution < -0.4 is 10.6 Å². The fraction of sp³-hybridized carbons (Fsp3) is 0.929. The summed E-state index contributed by atoms with van der Waals surface area (Å²) < 4.78 is 22.8. The van der Waals surface area contributed by atoms with Crippen LogP contribution in [0.25, 0.3) is 0 Å². The molecule has 1 amide bonds. The van der Waals surface area contributed by atoms with E-state index in [9.17, 15) is 13.2 Å².